The second kappa shape index (κ2) is 27.7. The molecule has 2 aliphatic heterocycles. The molecule has 0 aromatic rings. The number of aliphatic hydroxyl groups is 6. The first-order valence-electron chi connectivity index (χ1n) is 19.9. The third-order valence-corrected chi connectivity index (χ3v) is 10.3. The largest absolute Gasteiger partial charge is 0.394 e. The van der Waals surface area contributed by atoms with Gasteiger partial charge in [-0.05, 0) is 19.3 Å². The number of nitrogens with one attached hydrogen (secondary N) is 1. The van der Waals surface area contributed by atoms with Crippen LogP contribution in [0, 0.1) is 5.92 Å². The van der Waals surface area contributed by atoms with Gasteiger partial charge in [-0.25, -0.2) is 0 Å². The van der Waals surface area contributed by atoms with Crippen molar-refractivity contribution in [2.45, 2.75) is 204 Å². The molecule has 0 aromatic carbocycles. The fourth-order valence-electron chi connectivity index (χ4n) is 6.77. The number of hydrogen-bond donors (Lipinski definition) is 7. The molecule has 0 spiro atoms. The normalized spacial score (nSPS) is 24.8. The Morgan fingerprint density at radius 3 is 1.61 bits per heavy atom. The molecule has 2 heterocycles. The van der Waals surface area contributed by atoms with E-state index in [4.69, 9.17) is 14.2 Å². The topological polar surface area (TPSA) is 178 Å². The van der Waals surface area contributed by atoms with E-state index >= 15 is 0 Å². The fourth-order valence-corrected chi connectivity index (χ4v) is 6.77. The summed E-state index contributed by atoms with van der Waals surface area (Å²) in [6, 6.07) is -0.984. The van der Waals surface area contributed by atoms with E-state index in [1.54, 1.807) is 6.92 Å². The van der Waals surface area contributed by atoms with Crippen LogP contribution in [0.25, 0.3) is 0 Å². The molecule has 11 nitrogen and oxygen atoms in total. The zero-order valence-electron chi connectivity index (χ0n) is 30.6. The molecule has 290 valence electrons. The van der Waals surface area contributed by atoms with Crippen molar-refractivity contribution in [3.63, 3.8) is 0 Å². The van der Waals surface area contributed by atoms with E-state index in [0.717, 1.165) is 44.8 Å². The van der Waals surface area contributed by atoms with Gasteiger partial charge in [0.1, 0.15) is 30.5 Å². The summed E-state index contributed by atoms with van der Waals surface area (Å²) >= 11 is 0. The molecule has 11 heteroatoms. The van der Waals surface area contributed by atoms with Crippen molar-refractivity contribution in [2.24, 2.45) is 5.92 Å². The van der Waals surface area contributed by atoms with Gasteiger partial charge < -0.3 is 50.2 Å². The van der Waals surface area contributed by atoms with Crippen LogP contribution in [0.4, 0.5) is 0 Å². The van der Waals surface area contributed by atoms with Gasteiger partial charge >= 0.3 is 0 Å². The van der Waals surface area contributed by atoms with Crippen molar-refractivity contribution in [2.75, 3.05) is 26.4 Å². The Hall–Kier alpha value is -0.890. The van der Waals surface area contributed by atoms with Crippen LogP contribution < -0.4 is 5.32 Å². The molecule has 0 radical (unpaired) electrons. The van der Waals surface area contributed by atoms with Crippen LogP contribution in [0.1, 0.15) is 155 Å². The number of carbonyl (C=O) groups excluding carboxylic acids is 1. The van der Waals surface area contributed by atoms with Gasteiger partial charge in [0.05, 0.1) is 38.6 Å². The first-order valence-corrected chi connectivity index (χ1v) is 19.9. The quantitative estimate of drug-likeness (QED) is 0.0503. The smallest absolute Gasteiger partial charge is 0.220 e. The number of rotatable bonds is 31. The Balaban J connectivity index is 1.41. The molecule has 0 aromatic heterocycles. The summed E-state index contributed by atoms with van der Waals surface area (Å²) in [5, 5.41) is 63.0. The van der Waals surface area contributed by atoms with E-state index in [0.29, 0.717) is 0 Å². The third-order valence-electron chi connectivity index (χ3n) is 10.3. The lowest BCUT2D eigenvalue weighted by molar-refractivity contribution is -0.303. The van der Waals surface area contributed by atoms with Gasteiger partial charge in [0, 0.05) is 12.3 Å². The SMILES string of the molecule is CC[C@@H](O)[C@@H](O)[C@H](COC1OC(CO)C(O)C(O)C1O)NC(=O)CCCCCCCCCCCCCCCCCCCCCCC1COC1. The van der Waals surface area contributed by atoms with Crippen LogP contribution in [0.5, 0.6) is 0 Å². The lowest BCUT2D eigenvalue weighted by Crippen LogP contribution is -2.60. The Morgan fingerprint density at radius 2 is 1.18 bits per heavy atom. The Kier molecular flexibility index (Phi) is 25.0. The monoisotopic (exact) mass is 704 g/mol. The van der Waals surface area contributed by atoms with Crippen molar-refractivity contribution in [1.29, 1.82) is 0 Å². The summed E-state index contributed by atoms with van der Waals surface area (Å²) in [6.45, 7) is 2.79. The molecule has 8 atom stereocenters. The van der Waals surface area contributed by atoms with E-state index < -0.39 is 55.6 Å². The molecule has 7 N–H and O–H groups in total. The third kappa shape index (κ3) is 19.0. The van der Waals surface area contributed by atoms with E-state index in [2.05, 4.69) is 5.32 Å². The molecule has 1 amide bonds. The zero-order chi connectivity index (χ0) is 35.7. The minimum Gasteiger partial charge on any atom is -0.394 e. The number of amides is 1. The molecule has 5 unspecified atom stereocenters. The maximum Gasteiger partial charge on any atom is 0.220 e. The number of carbonyl (C=O) groups is 1. The highest BCUT2D eigenvalue weighted by molar-refractivity contribution is 5.76. The maximum atomic E-state index is 12.7. The lowest BCUT2D eigenvalue weighted by atomic mass is 9.98. The summed E-state index contributed by atoms with van der Waals surface area (Å²) in [7, 11) is 0. The fraction of sp³-hybridized carbons (Fsp3) is 0.974. The van der Waals surface area contributed by atoms with Gasteiger partial charge in [-0.2, -0.15) is 0 Å². The van der Waals surface area contributed by atoms with Crippen molar-refractivity contribution < 1.29 is 49.6 Å². The molecule has 2 rings (SSSR count). The standard InChI is InChI=1S/C38H73NO10/c1-2-31(41)34(43)30(28-48-38-37(46)36(45)35(44)32(25-40)49-38)39-33(42)24-22-20-18-16-14-12-10-8-6-4-3-5-7-9-11-13-15-17-19-21-23-29-26-47-27-29/h29-32,34-38,40-41,43-46H,2-28H2,1H3,(H,39,42)/t30-,31+,32?,34-,35?,36?,37?,38?/m0/s1. The number of ether oxygens (including phenoxy) is 3. The van der Waals surface area contributed by atoms with Crippen LogP contribution in [-0.2, 0) is 19.0 Å². The van der Waals surface area contributed by atoms with Crippen LogP contribution in [0.3, 0.4) is 0 Å². The van der Waals surface area contributed by atoms with Gasteiger partial charge in [0.25, 0.3) is 0 Å². The van der Waals surface area contributed by atoms with Crippen molar-refractivity contribution in [3.8, 4) is 0 Å². The van der Waals surface area contributed by atoms with Crippen LogP contribution in [0.2, 0.25) is 0 Å². The Labute approximate surface area is 296 Å². The summed E-state index contributed by atoms with van der Waals surface area (Å²) in [5.74, 6) is 0.585. The van der Waals surface area contributed by atoms with E-state index in [-0.39, 0.29) is 25.4 Å². The van der Waals surface area contributed by atoms with E-state index in [1.165, 1.54) is 109 Å². The first kappa shape index (κ1) is 44.3. The highest BCUT2D eigenvalue weighted by Crippen LogP contribution is 2.23. The summed E-state index contributed by atoms with van der Waals surface area (Å²) in [6.07, 6.45) is 17.9. The van der Waals surface area contributed by atoms with Gasteiger partial charge in [-0.3, -0.25) is 4.79 Å². The number of aliphatic hydroxyl groups excluding tert-OH is 6. The highest BCUT2D eigenvalue weighted by Gasteiger charge is 2.44. The predicted octanol–water partition coefficient (Wildman–Crippen LogP) is 4.65. The summed E-state index contributed by atoms with van der Waals surface area (Å²) in [4.78, 5) is 12.7. The molecule has 0 saturated carbocycles. The van der Waals surface area contributed by atoms with Crippen LogP contribution in [-0.4, -0.2) is 112 Å². The Morgan fingerprint density at radius 1 is 0.714 bits per heavy atom. The second-order valence-electron chi connectivity index (χ2n) is 14.7. The molecule has 0 bridgehead atoms. The summed E-state index contributed by atoms with van der Waals surface area (Å²) < 4.78 is 16.1. The summed E-state index contributed by atoms with van der Waals surface area (Å²) in [5.41, 5.74) is 0. The van der Waals surface area contributed by atoms with E-state index in [9.17, 15) is 35.4 Å². The zero-order valence-corrected chi connectivity index (χ0v) is 30.6. The average Bonchev–Trinajstić information content (AvgIpc) is 3.08. The maximum absolute atomic E-state index is 12.7. The van der Waals surface area contributed by atoms with Crippen LogP contribution >= 0.6 is 0 Å². The first-order chi connectivity index (χ1) is 23.8. The van der Waals surface area contributed by atoms with Crippen LogP contribution in [0.15, 0.2) is 0 Å². The van der Waals surface area contributed by atoms with Crippen molar-refractivity contribution in [1.82, 2.24) is 5.32 Å². The molecule has 0 aliphatic carbocycles. The number of hydrogen-bond acceptors (Lipinski definition) is 10. The molecule has 2 aliphatic rings. The van der Waals surface area contributed by atoms with E-state index in [1.807, 2.05) is 0 Å². The average molecular weight is 704 g/mol. The van der Waals surface area contributed by atoms with Gasteiger partial charge in [-0.1, -0.05) is 129 Å². The minimum absolute atomic E-state index is 0.256. The number of unbranched alkanes of at least 4 members (excludes halogenated alkanes) is 19. The molecular formula is C38H73NO10. The minimum atomic E-state index is -1.60. The van der Waals surface area contributed by atoms with Gasteiger partial charge in [-0.15, -0.1) is 0 Å². The highest BCUT2D eigenvalue weighted by atomic mass is 16.7. The predicted molar refractivity (Wildman–Crippen MR) is 190 cm³/mol. The van der Waals surface area contributed by atoms with Crippen molar-refractivity contribution in [3.05, 3.63) is 0 Å². The second-order valence-corrected chi connectivity index (χ2v) is 14.7. The molecule has 49 heavy (non-hydrogen) atoms. The lowest BCUT2D eigenvalue weighted by Gasteiger charge is -2.40. The van der Waals surface area contributed by atoms with Gasteiger partial charge in [0.2, 0.25) is 5.91 Å². The Bertz CT molecular complexity index is 800. The molecule has 2 saturated heterocycles. The molecular weight excluding hydrogens is 630 g/mol. The van der Waals surface area contributed by atoms with Gasteiger partial charge in [0.15, 0.2) is 6.29 Å². The molecule has 2 fully saturated rings. The van der Waals surface area contributed by atoms with Crippen molar-refractivity contribution >= 4 is 5.91 Å².